The highest BCUT2D eigenvalue weighted by Crippen LogP contribution is 2.04. The first-order valence-electron chi connectivity index (χ1n) is 6.95. The van der Waals surface area contributed by atoms with Crippen molar-refractivity contribution >= 4 is 18.1 Å². The van der Waals surface area contributed by atoms with Gasteiger partial charge in [0.15, 0.2) is 0 Å². The summed E-state index contributed by atoms with van der Waals surface area (Å²) < 4.78 is 7.00. The SMILES string of the molecule is COC(=O)CCCCn1c(=O)cc(/N=C/N(C)C)n(C)c1=O. The number of carbonyl (C=O) groups excluding carboxylic acids is 1. The van der Waals surface area contributed by atoms with Crippen LogP contribution < -0.4 is 11.2 Å². The molecular formula is C14H22N4O4. The summed E-state index contributed by atoms with van der Waals surface area (Å²) in [5.41, 5.74) is -0.816. The molecule has 0 saturated carbocycles. The van der Waals surface area contributed by atoms with Gasteiger partial charge in [-0.2, -0.15) is 0 Å². The predicted octanol–water partition coefficient (Wildman–Crippen LogP) is 0.112. The average Bonchev–Trinajstić information content (AvgIpc) is 2.48. The van der Waals surface area contributed by atoms with Crippen LogP contribution in [0.4, 0.5) is 5.82 Å². The third-order valence-electron chi connectivity index (χ3n) is 3.04. The summed E-state index contributed by atoms with van der Waals surface area (Å²) in [7, 11) is 6.49. The lowest BCUT2D eigenvalue weighted by atomic mass is 10.2. The van der Waals surface area contributed by atoms with E-state index in [1.807, 2.05) is 0 Å². The minimum Gasteiger partial charge on any atom is -0.469 e. The maximum Gasteiger partial charge on any atom is 0.332 e. The number of aliphatic imine (C=N–C) groups is 1. The lowest BCUT2D eigenvalue weighted by Crippen LogP contribution is -2.38. The number of nitrogens with zero attached hydrogens (tertiary/aromatic N) is 4. The van der Waals surface area contributed by atoms with Crippen LogP contribution >= 0.6 is 0 Å². The zero-order valence-electron chi connectivity index (χ0n) is 13.4. The first-order chi connectivity index (χ1) is 10.4. The highest BCUT2D eigenvalue weighted by molar-refractivity contribution is 5.68. The van der Waals surface area contributed by atoms with Crippen molar-refractivity contribution in [1.29, 1.82) is 0 Å². The first kappa shape index (κ1) is 17.7. The fraction of sp³-hybridized carbons (Fsp3) is 0.571. The monoisotopic (exact) mass is 310 g/mol. The van der Waals surface area contributed by atoms with Gasteiger partial charge in [0.2, 0.25) is 0 Å². The van der Waals surface area contributed by atoms with Crippen molar-refractivity contribution in [2.45, 2.75) is 25.8 Å². The van der Waals surface area contributed by atoms with E-state index in [1.165, 1.54) is 24.1 Å². The van der Waals surface area contributed by atoms with Crippen molar-refractivity contribution in [2.75, 3.05) is 21.2 Å². The standard InChI is InChI=1S/C14H22N4O4/c1-16(2)10-15-11-9-12(19)18(14(21)17(11)3)8-6-5-7-13(20)22-4/h9-10H,5-8H2,1-4H3/b15-10+. The Bertz CT molecular complexity index is 658. The van der Waals surface area contributed by atoms with E-state index in [0.29, 0.717) is 18.7 Å². The Morgan fingerprint density at radius 3 is 2.64 bits per heavy atom. The van der Waals surface area contributed by atoms with E-state index in [1.54, 1.807) is 26.0 Å². The molecule has 0 N–H and O–H groups in total. The third kappa shape index (κ3) is 4.87. The van der Waals surface area contributed by atoms with E-state index in [9.17, 15) is 14.4 Å². The fourth-order valence-corrected chi connectivity index (χ4v) is 1.80. The summed E-state index contributed by atoms with van der Waals surface area (Å²) in [6.07, 6.45) is 2.90. The van der Waals surface area contributed by atoms with Crippen molar-refractivity contribution in [2.24, 2.45) is 12.0 Å². The summed E-state index contributed by atoms with van der Waals surface area (Å²) in [5.74, 6) is 0.00290. The highest BCUT2D eigenvalue weighted by atomic mass is 16.5. The summed E-state index contributed by atoms with van der Waals surface area (Å²) in [6.45, 7) is 0.264. The van der Waals surface area contributed by atoms with Gasteiger partial charge < -0.3 is 9.64 Å². The zero-order chi connectivity index (χ0) is 16.7. The summed E-state index contributed by atoms with van der Waals surface area (Å²) in [5, 5.41) is 0. The number of hydrogen-bond donors (Lipinski definition) is 0. The molecule has 0 spiro atoms. The van der Waals surface area contributed by atoms with Gasteiger partial charge in [-0.15, -0.1) is 0 Å². The Labute approximate surface area is 128 Å². The molecule has 1 aromatic heterocycles. The van der Waals surface area contributed by atoms with Gasteiger partial charge in [-0.1, -0.05) is 0 Å². The van der Waals surface area contributed by atoms with Crippen LogP contribution in [-0.4, -0.2) is 47.5 Å². The molecule has 0 aromatic carbocycles. The van der Waals surface area contributed by atoms with E-state index in [-0.39, 0.29) is 18.9 Å². The van der Waals surface area contributed by atoms with Gasteiger partial charge in [0.1, 0.15) is 5.82 Å². The van der Waals surface area contributed by atoms with Crippen molar-refractivity contribution in [3.63, 3.8) is 0 Å². The third-order valence-corrected chi connectivity index (χ3v) is 3.04. The van der Waals surface area contributed by atoms with Gasteiger partial charge in [-0.25, -0.2) is 9.79 Å². The van der Waals surface area contributed by atoms with Gasteiger partial charge in [0, 0.05) is 40.2 Å². The van der Waals surface area contributed by atoms with Crippen LogP contribution in [0.25, 0.3) is 0 Å². The summed E-state index contributed by atoms with van der Waals surface area (Å²) in [4.78, 5) is 41.0. The van der Waals surface area contributed by atoms with Crippen molar-refractivity contribution in [1.82, 2.24) is 14.0 Å². The van der Waals surface area contributed by atoms with Crippen LogP contribution in [0.1, 0.15) is 19.3 Å². The van der Waals surface area contributed by atoms with Gasteiger partial charge in [0.25, 0.3) is 5.56 Å². The molecule has 0 amide bonds. The van der Waals surface area contributed by atoms with E-state index in [2.05, 4.69) is 9.73 Å². The molecule has 0 aliphatic rings. The minimum atomic E-state index is -0.420. The second-order valence-corrected chi connectivity index (χ2v) is 5.08. The molecule has 0 radical (unpaired) electrons. The summed E-state index contributed by atoms with van der Waals surface area (Å²) in [6, 6.07) is 1.32. The Balaban J connectivity index is 2.86. The van der Waals surface area contributed by atoms with E-state index < -0.39 is 11.2 Å². The zero-order valence-corrected chi connectivity index (χ0v) is 13.4. The Morgan fingerprint density at radius 1 is 1.36 bits per heavy atom. The highest BCUT2D eigenvalue weighted by Gasteiger charge is 2.08. The van der Waals surface area contributed by atoms with Crippen LogP contribution in [0, 0.1) is 0 Å². The average molecular weight is 310 g/mol. The maximum absolute atomic E-state index is 12.2. The van der Waals surface area contributed by atoms with Crippen LogP contribution in [0.2, 0.25) is 0 Å². The number of carbonyl (C=O) groups is 1. The van der Waals surface area contributed by atoms with E-state index >= 15 is 0 Å². The molecular weight excluding hydrogens is 288 g/mol. The maximum atomic E-state index is 12.2. The first-order valence-corrected chi connectivity index (χ1v) is 6.95. The van der Waals surface area contributed by atoms with E-state index in [4.69, 9.17) is 0 Å². The molecule has 0 bridgehead atoms. The molecule has 0 fully saturated rings. The van der Waals surface area contributed by atoms with Crippen LogP contribution in [0.15, 0.2) is 20.6 Å². The lowest BCUT2D eigenvalue weighted by molar-refractivity contribution is -0.140. The molecule has 0 atom stereocenters. The number of esters is 1. The number of methoxy groups -OCH3 is 1. The molecule has 8 nitrogen and oxygen atoms in total. The Kier molecular flexibility index (Phi) is 6.55. The second kappa shape index (κ2) is 8.16. The van der Waals surface area contributed by atoms with Crippen LogP contribution in [0.5, 0.6) is 0 Å². The van der Waals surface area contributed by atoms with Crippen LogP contribution in [-0.2, 0) is 23.1 Å². The number of unbranched alkanes of at least 4 members (excludes halogenated alkanes) is 1. The summed E-state index contributed by atoms with van der Waals surface area (Å²) >= 11 is 0. The molecule has 8 heteroatoms. The fourth-order valence-electron chi connectivity index (χ4n) is 1.80. The number of aromatic nitrogens is 2. The largest absolute Gasteiger partial charge is 0.469 e. The Morgan fingerprint density at radius 2 is 2.05 bits per heavy atom. The number of ether oxygens (including phenoxy) is 1. The quantitative estimate of drug-likeness (QED) is 0.309. The predicted molar refractivity (Wildman–Crippen MR) is 83.6 cm³/mol. The molecule has 0 aliphatic heterocycles. The van der Waals surface area contributed by atoms with Crippen LogP contribution in [0.3, 0.4) is 0 Å². The number of rotatable bonds is 7. The number of hydrogen-bond acceptors (Lipinski definition) is 5. The molecule has 0 unspecified atom stereocenters. The molecule has 0 saturated heterocycles. The Hall–Kier alpha value is -2.38. The molecule has 1 heterocycles. The van der Waals surface area contributed by atoms with Gasteiger partial charge in [0.05, 0.1) is 13.4 Å². The van der Waals surface area contributed by atoms with Crippen molar-refractivity contribution in [3.05, 3.63) is 26.9 Å². The second-order valence-electron chi connectivity index (χ2n) is 5.08. The normalized spacial score (nSPS) is 10.9. The molecule has 122 valence electrons. The van der Waals surface area contributed by atoms with E-state index in [0.717, 1.165) is 4.57 Å². The van der Waals surface area contributed by atoms with Crippen molar-refractivity contribution < 1.29 is 9.53 Å². The molecule has 0 aliphatic carbocycles. The molecule has 1 aromatic rings. The van der Waals surface area contributed by atoms with Gasteiger partial charge >= 0.3 is 11.7 Å². The van der Waals surface area contributed by atoms with Gasteiger partial charge in [-0.3, -0.25) is 18.7 Å². The van der Waals surface area contributed by atoms with Crippen molar-refractivity contribution in [3.8, 4) is 0 Å². The molecule has 1 rings (SSSR count). The minimum absolute atomic E-state index is 0.264. The topological polar surface area (TPSA) is 85.9 Å². The molecule has 22 heavy (non-hydrogen) atoms. The lowest BCUT2D eigenvalue weighted by Gasteiger charge is -2.09. The van der Waals surface area contributed by atoms with Gasteiger partial charge in [-0.05, 0) is 12.8 Å². The smallest absolute Gasteiger partial charge is 0.332 e.